The molecule has 4 amide bonds. The van der Waals surface area contributed by atoms with Crippen LogP contribution in [0.1, 0.15) is 35.2 Å². The average Bonchev–Trinajstić information content (AvgIpc) is 3.70. The van der Waals surface area contributed by atoms with E-state index in [9.17, 15) is 23.7 Å². The van der Waals surface area contributed by atoms with Crippen LogP contribution in [0.5, 0.6) is 5.75 Å². The molecule has 3 aliphatic rings. The Bertz CT molecular complexity index is 2530. The Morgan fingerprint density at radius 2 is 1.46 bits per heavy atom. The molecule has 2 fully saturated rings. The number of carbonyl (C=O) groups excluding carboxylic acids is 4. The number of piperazine rings is 1. The lowest BCUT2D eigenvalue weighted by Gasteiger charge is -2.36. The van der Waals surface area contributed by atoms with Crippen molar-refractivity contribution in [2.24, 2.45) is 0 Å². The number of amides is 4. The van der Waals surface area contributed by atoms with Crippen LogP contribution < -0.4 is 36.2 Å². The van der Waals surface area contributed by atoms with Gasteiger partial charge in [-0.1, -0.05) is 29.8 Å². The minimum Gasteiger partial charge on any atom is -0.494 e. The number of fused-ring (bicyclic) bond motifs is 1. The van der Waals surface area contributed by atoms with Crippen LogP contribution in [0.4, 0.5) is 34.5 Å². The highest BCUT2D eigenvalue weighted by Crippen LogP contribution is 2.39. The van der Waals surface area contributed by atoms with Gasteiger partial charge in [0.25, 0.3) is 5.91 Å². The normalized spacial score (nSPS) is 16.0. The number of anilines is 6. The Kier molecular flexibility index (Phi) is 19.4. The Morgan fingerprint density at radius 3 is 2.14 bits per heavy atom. The monoisotopic (exact) mass is 1020 g/mol. The summed E-state index contributed by atoms with van der Waals surface area (Å²) < 4.78 is 46.7. The van der Waals surface area contributed by atoms with Crippen LogP contribution in [0.2, 0.25) is 5.02 Å². The number of nitrogens with one attached hydrogen (secondary N) is 4. The molecule has 20 nitrogen and oxygen atoms in total. The second-order valence-electron chi connectivity index (χ2n) is 17.2. The molecule has 0 spiro atoms. The molecule has 1 atom stereocenters. The molecular formula is C49H63ClN9O11P. The number of piperidine rings is 1. The van der Waals surface area contributed by atoms with Crippen LogP contribution >= 0.6 is 18.7 Å². The van der Waals surface area contributed by atoms with Gasteiger partial charge in [-0.05, 0) is 56.1 Å². The van der Waals surface area contributed by atoms with Crippen molar-refractivity contribution in [1.29, 1.82) is 0 Å². The summed E-state index contributed by atoms with van der Waals surface area (Å²) in [5, 5.41) is 13.1. The Labute approximate surface area is 418 Å². The maximum Gasteiger partial charge on any atom is 0.255 e. The minimum absolute atomic E-state index is 0.0499. The average molecular weight is 1020 g/mol. The first kappa shape index (κ1) is 53.0. The molecule has 22 heteroatoms. The summed E-state index contributed by atoms with van der Waals surface area (Å²) >= 11 is 6.45. The number of halogens is 1. The topological polar surface area (TPSA) is 224 Å². The summed E-state index contributed by atoms with van der Waals surface area (Å²) in [5.41, 5.74) is 4.49. The number of benzene rings is 3. The molecule has 3 aliphatic heterocycles. The molecule has 382 valence electrons. The zero-order chi connectivity index (χ0) is 50.2. The van der Waals surface area contributed by atoms with Crippen LogP contribution in [0.15, 0.2) is 66.9 Å². The molecule has 0 radical (unpaired) electrons. The predicted molar refractivity (Wildman–Crippen MR) is 271 cm³/mol. The highest BCUT2D eigenvalue weighted by atomic mass is 35.5. The number of rotatable bonds is 27. The second-order valence-corrected chi connectivity index (χ2v) is 20.8. The quantitative estimate of drug-likeness (QED) is 0.0355. The van der Waals surface area contributed by atoms with E-state index in [4.69, 9.17) is 40.0 Å². The van der Waals surface area contributed by atoms with Crippen molar-refractivity contribution >= 4 is 82.2 Å². The van der Waals surface area contributed by atoms with Crippen LogP contribution in [0, 0.1) is 0 Å². The van der Waals surface area contributed by atoms with Gasteiger partial charge in [0.1, 0.15) is 24.0 Å². The number of hydrogen-bond acceptors (Lipinski definition) is 17. The van der Waals surface area contributed by atoms with Gasteiger partial charge in [0.15, 0.2) is 5.82 Å². The largest absolute Gasteiger partial charge is 0.494 e. The van der Waals surface area contributed by atoms with E-state index in [1.54, 1.807) is 32.6 Å². The number of imide groups is 1. The van der Waals surface area contributed by atoms with Gasteiger partial charge in [-0.2, -0.15) is 4.98 Å². The number of ether oxygens (including phenoxy) is 6. The minimum atomic E-state index is -2.57. The molecule has 1 aromatic heterocycles. The number of aromatic nitrogens is 2. The summed E-state index contributed by atoms with van der Waals surface area (Å²) in [6.07, 6.45) is 2.33. The number of para-hydroxylation sites is 1. The molecule has 1 unspecified atom stereocenters. The Balaban J connectivity index is 0.683. The van der Waals surface area contributed by atoms with Gasteiger partial charge in [-0.3, -0.25) is 24.5 Å². The van der Waals surface area contributed by atoms with Gasteiger partial charge in [0.05, 0.1) is 97.2 Å². The van der Waals surface area contributed by atoms with E-state index < -0.39 is 19.1 Å². The van der Waals surface area contributed by atoms with Crippen LogP contribution in [-0.4, -0.2) is 169 Å². The maximum atomic E-state index is 13.0. The molecule has 4 N–H and O–H groups in total. The van der Waals surface area contributed by atoms with Gasteiger partial charge in [0.2, 0.25) is 23.7 Å². The fourth-order valence-corrected chi connectivity index (χ4v) is 9.61. The number of hydrogen-bond donors (Lipinski definition) is 4. The zero-order valence-corrected chi connectivity index (χ0v) is 42.1. The molecule has 0 bridgehead atoms. The summed E-state index contributed by atoms with van der Waals surface area (Å²) in [6, 6.07) is 18.0. The van der Waals surface area contributed by atoms with Crippen LogP contribution in [0.3, 0.4) is 0 Å². The number of methoxy groups -OCH3 is 1. The van der Waals surface area contributed by atoms with E-state index in [0.29, 0.717) is 163 Å². The van der Waals surface area contributed by atoms with Crippen molar-refractivity contribution in [2.75, 3.05) is 140 Å². The first-order chi connectivity index (χ1) is 34.4. The van der Waals surface area contributed by atoms with E-state index in [-0.39, 0.29) is 24.1 Å². The van der Waals surface area contributed by atoms with Gasteiger partial charge < -0.3 is 63.6 Å². The first-order valence-electron chi connectivity index (χ1n) is 23.7. The third-order valence-corrected chi connectivity index (χ3v) is 13.8. The van der Waals surface area contributed by atoms with Crippen molar-refractivity contribution in [3.8, 4) is 5.75 Å². The summed E-state index contributed by atoms with van der Waals surface area (Å²) in [4.78, 5) is 64.5. The van der Waals surface area contributed by atoms with Gasteiger partial charge >= 0.3 is 0 Å². The van der Waals surface area contributed by atoms with Crippen molar-refractivity contribution < 1.29 is 52.2 Å². The number of nitrogens with zero attached hydrogens (tertiary/aromatic N) is 5. The fourth-order valence-electron chi connectivity index (χ4n) is 8.31. The SMILES string of the molecule is COc1cc(N2CCN(C(=O)CCOCCOCCOCCOCCOCCNc3cccc4c3CN(C3CCC(=O)NC3=O)C4=O)CC2)ccc1Nc1ncc(Cl)c(Nc2ccccc2P(C)(C)=O)n1. The molecule has 4 aromatic rings. The summed E-state index contributed by atoms with van der Waals surface area (Å²) in [7, 11) is -0.971. The smallest absolute Gasteiger partial charge is 0.255 e. The molecule has 0 saturated carbocycles. The maximum absolute atomic E-state index is 13.0. The molecule has 3 aromatic carbocycles. The predicted octanol–water partition coefficient (Wildman–Crippen LogP) is 4.87. The molecule has 0 aliphatic carbocycles. The highest BCUT2D eigenvalue weighted by Gasteiger charge is 2.40. The first-order valence-corrected chi connectivity index (χ1v) is 26.7. The van der Waals surface area contributed by atoms with Crippen molar-refractivity contribution in [2.45, 2.75) is 31.8 Å². The van der Waals surface area contributed by atoms with Crippen molar-refractivity contribution in [3.05, 3.63) is 83.0 Å². The lowest BCUT2D eigenvalue weighted by atomic mass is 10.0. The van der Waals surface area contributed by atoms with E-state index in [2.05, 4.69) is 36.1 Å². The lowest BCUT2D eigenvalue weighted by Crippen LogP contribution is -2.52. The van der Waals surface area contributed by atoms with E-state index >= 15 is 0 Å². The Hall–Kier alpha value is -5.86. The molecular weight excluding hydrogens is 957 g/mol. The van der Waals surface area contributed by atoms with Crippen molar-refractivity contribution in [1.82, 2.24) is 25.1 Å². The highest BCUT2D eigenvalue weighted by molar-refractivity contribution is 7.70. The lowest BCUT2D eigenvalue weighted by molar-refractivity contribution is -0.137. The summed E-state index contributed by atoms with van der Waals surface area (Å²) in [5.74, 6) is 0.363. The van der Waals surface area contributed by atoms with Crippen molar-refractivity contribution in [3.63, 3.8) is 0 Å². The van der Waals surface area contributed by atoms with Crippen LogP contribution in [-0.2, 0) is 49.2 Å². The molecule has 2 saturated heterocycles. The zero-order valence-electron chi connectivity index (χ0n) is 40.4. The number of carbonyl (C=O) groups is 4. The third-order valence-electron chi connectivity index (χ3n) is 12.0. The van der Waals surface area contributed by atoms with Gasteiger partial charge in [-0.25, -0.2) is 4.98 Å². The van der Waals surface area contributed by atoms with E-state index in [1.165, 1.54) is 11.1 Å². The standard InChI is InChI=1S/C49H63ClN9O11P/c1-65-42-31-34(11-12-39(42)54-49-52-32-37(50)46(56-49)53-40-8-4-5-10-43(40)71(2,3)64)57-17-19-58(20-18-57)45(61)15-21-66-23-25-68-27-29-70-30-28-69-26-24-67-22-16-51-38-9-6-7-35-36(38)33-59(48(35)63)41-13-14-44(60)55-47(41)62/h4-12,31-32,41,51H,13-30,33H2,1-3H3,(H,55,60,62)(H2,52,53,54,56). The molecule has 4 heterocycles. The third kappa shape index (κ3) is 14.9. The van der Waals surface area contributed by atoms with Gasteiger partial charge in [0, 0.05) is 79.6 Å². The van der Waals surface area contributed by atoms with Crippen LogP contribution in [0.25, 0.3) is 0 Å². The molecule has 71 heavy (non-hydrogen) atoms. The second kappa shape index (κ2) is 26.0. The molecule has 7 rings (SSSR count). The summed E-state index contributed by atoms with van der Waals surface area (Å²) in [6.45, 7) is 10.8. The fraction of sp³-hybridized carbons (Fsp3) is 0.469. The Morgan fingerprint density at radius 1 is 0.803 bits per heavy atom. The van der Waals surface area contributed by atoms with E-state index in [1.807, 2.05) is 53.4 Å². The van der Waals surface area contributed by atoms with E-state index in [0.717, 1.165) is 16.9 Å². The van der Waals surface area contributed by atoms with Gasteiger partial charge in [-0.15, -0.1) is 0 Å².